The van der Waals surface area contributed by atoms with Gasteiger partial charge in [-0.1, -0.05) is 23.2 Å². The van der Waals surface area contributed by atoms with Gasteiger partial charge in [-0.2, -0.15) is 5.26 Å². The summed E-state index contributed by atoms with van der Waals surface area (Å²) in [5, 5.41) is 22.5. The molecule has 0 aliphatic rings. The van der Waals surface area contributed by atoms with E-state index in [-0.39, 0.29) is 11.3 Å². The van der Waals surface area contributed by atoms with Crippen molar-refractivity contribution >= 4 is 40.9 Å². The highest BCUT2D eigenvalue weighted by Crippen LogP contribution is 2.29. The minimum absolute atomic E-state index is 0.0412. The molecule has 3 rings (SSSR count). The minimum Gasteiger partial charge on any atom is -0.508 e. The van der Waals surface area contributed by atoms with Crippen LogP contribution in [0.3, 0.4) is 0 Å². The summed E-state index contributed by atoms with van der Waals surface area (Å²) in [7, 11) is 0. The first-order valence-corrected chi connectivity index (χ1v) is 9.42. The predicted molar refractivity (Wildman–Crippen MR) is 116 cm³/mol. The Hall–Kier alpha value is -3.20. The highest BCUT2D eigenvalue weighted by atomic mass is 35.5. The Morgan fingerprint density at radius 2 is 1.83 bits per heavy atom. The molecule has 0 fully saturated rings. The van der Waals surface area contributed by atoms with E-state index in [0.717, 1.165) is 22.6 Å². The third-order valence-corrected chi connectivity index (χ3v) is 4.95. The summed E-state index contributed by atoms with van der Waals surface area (Å²) in [6.07, 6.45) is 1.54. The van der Waals surface area contributed by atoms with Crippen LogP contribution < -0.4 is 5.32 Å². The zero-order chi connectivity index (χ0) is 21.1. The van der Waals surface area contributed by atoms with Crippen LogP contribution in [0, 0.1) is 25.2 Å². The van der Waals surface area contributed by atoms with Gasteiger partial charge in [0.05, 0.1) is 10.7 Å². The number of hydrogen-bond acceptors (Lipinski definition) is 3. The van der Waals surface area contributed by atoms with Crippen molar-refractivity contribution in [2.24, 2.45) is 0 Å². The molecule has 0 radical (unpaired) electrons. The first-order valence-electron chi connectivity index (χ1n) is 8.66. The van der Waals surface area contributed by atoms with E-state index in [1.807, 2.05) is 36.6 Å². The lowest BCUT2D eigenvalue weighted by molar-refractivity contribution is -0.112. The fourth-order valence-corrected chi connectivity index (χ4v) is 3.51. The molecule has 0 saturated heterocycles. The highest BCUT2D eigenvalue weighted by molar-refractivity contribution is 6.35. The van der Waals surface area contributed by atoms with Gasteiger partial charge in [-0.15, -0.1) is 0 Å². The number of amides is 1. The van der Waals surface area contributed by atoms with Gasteiger partial charge >= 0.3 is 0 Å². The van der Waals surface area contributed by atoms with Crippen LogP contribution in [0.4, 0.5) is 5.69 Å². The van der Waals surface area contributed by atoms with Gasteiger partial charge < -0.3 is 15.0 Å². The standard InChI is InChI=1S/C22H17Cl2N3O2/c1-13-9-15(14(2)27(13)21-8-3-17(23)11-20(21)24)10-16(12-25)22(29)26-18-4-6-19(28)7-5-18/h3-11,28H,1-2H3,(H,26,29)/b16-10-. The van der Waals surface area contributed by atoms with Gasteiger partial charge in [-0.25, -0.2) is 0 Å². The van der Waals surface area contributed by atoms with Gasteiger partial charge in [0.2, 0.25) is 0 Å². The summed E-state index contributed by atoms with van der Waals surface area (Å²) in [5.41, 5.74) is 3.66. The van der Waals surface area contributed by atoms with E-state index in [9.17, 15) is 15.2 Å². The summed E-state index contributed by atoms with van der Waals surface area (Å²) >= 11 is 12.3. The molecule has 1 heterocycles. The number of carbonyl (C=O) groups excluding carboxylic acids is 1. The number of nitriles is 1. The normalized spacial score (nSPS) is 11.2. The Morgan fingerprint density at radius 1 is 1.14 bits per heavy atom. The molecule has 3 aromatic rings. The van der Waals surface area contributed by atoms with Gasteiger partial charge in [-0.05, 0) is 74.0 Å². The van der Waals surface area contributed by atoms with Crippen molar-refractivity contribution in [3.63, 3.8) is 0 Å². The van der Waals surface area contributed by atoms with Gasteiger partial charge in [0.25, 0.3) is 5.91 Å². The highest BCUT2D eigenvalue weighted by Gasteiger charge is 2.15. The number of aromatic hydroxyl groups is 1. The van der Waals surface area contributed by atoms with Crippen LogP contribution in [0.5, 0.6) is 5.75 Å². The summed E-state index contributed by atoms with van der Waals surface area (Å²) < 4.78 is 1.94. The number of nitrogens with zero attached hydrogens (tertiary/aromatic N) is 2. The first-order chi connectivity index (χ1) is 13.8. The van der Waals surface area contributed by atoms with E-state index >= 15 is 0 Å². The summed E-state index contributed by atoms with van der Waals surface area (Å²) in [5.74, 6) is -0.445. The number of anilines is 1. The molecule has 0 unspecified atom stereocenters. The van der Waals surface area contributed by atoms with Crippen molar-refractivity contribution in [3.8, 4) is 17.5 Å². The Labute approximate surface area is 178 Å². The van der Waals surface area contributed by atoms with E-state index in [1.54, 1.807) is 30.3 Å². The molecule has 0 spiro atoms. The van der Waals surface area contributed by atoms with E-state index in [0.29, 0.717) is 15.7 Å². The number of benzene rings is 2. The molecule has 1 aromatic heterocycles. The van der Waals surface area contributed by atoms with Gasteiger partial charge in [-0.3, -0.25) is 4.79 Å². The molecular weight excluding hydrogens is 409 g/mol. The predicted octanol–water partition coefficient (Wildman–Crippen LogP) is 5.65. The number of aryl methyl sites for hydroxylation is 1. The van der Waals surface area contributed by atoms with E-state index in [2.05, 4.69) is 5.32 Å². The molecule has 1 amide bonds. The Bertz CT molecular complexity index is 1160. The molecule has 2 N–H and O–H groups in total. The Morgan fingerprint density at radius 3 is 2.45 bits per heavy atom. The molecule has 7 heteroatoms. The minimum atomic E-state index is -0.535. The monoisotopic (exact) mass is 425 g/mol. The van der Waals surface area contributed by atoms with Crippen molar-refractivity contribution in [3.05, 3.63) is 81.1 Å². The van der Waals surface area contributed by atoms with Crippen LogP contribution in [0.1, 0.15) is 17.0 Å². The number of halogens is 2. The second kappa shape index (κ2) is 8.44. The van der Waals surface area contributed by atoms with Crippen molar-refractivity contribution in [2.45, 2.75) is 13.8 Å². The molecule has 0 aliphatic carbocycles. The number of rotatable bonds is 4. The molecule has 0 saturated carbocycles. The van der Waals surface area contributed by atoms with Crippen molar-refractivity contribution < 1.29 is 9.90 Å². The molecule has 0 bridgehead atoms. The number of carbonyl (C=O) groups is 1. The van der Waals surface area contributed by atoms with Gasteiger partial charge in [0.1, 0.15) is 17.4 Å². The van der Waals surface area contributed by atoms with Crippen LogP contribution >= 0.6 is 23.2 Å². The maximum atomic E-state index is 12.5. The number of aromatic nitrogens is 1. The van der Waals surface area contributed by atoms with Crippen LogP contribution in [-0.2, 0) is 4.79 Å². The Kier molecular flexibility index (Phi) is 5.97. The first kappa shape index (κ1) is 20.5. The lowest BCUT2D eigenvalue weighted by atomic mass is 10.1. The maximum Gasteiger partial charge on any atom is 0.266 e. The van der Waals surface area contributed by atoms with E-state index in [1.165, 1.54) is 12.1 Å². The second-order valence-corrected chi connectivity index (χ2v) is 7.27. The average Bonchev–Trinajstić information content (AvgIpc) is 2.95. The van der Waals surface area contributed by atoms with E-state index < -0.39 is 5.91 Å². The average molecular weight is 426 g/mol. The topological polar surface area (TPSA) is 78.1 Å². The number of hydrogen-bond donors (Lipinski definition) is 2. The summed E-state index contributed by atoms with van der Waals surface area (Å²) in [6, 6.07) is 15.1. The maximum absolute atomic E-state index is 12.5. The van der Waals surface area contributed by atoms with Crippen molar-refractivity contribution in [1.29, 1.82) is 5.26 Å². The number of phenolic OH excluding ortho intramolecular Hbond substituents is 1. The quantitative estimate of drug-likeness (QED) is 0.321. The lowest BCUT2D eigenvalue weighted by Gasteiger charge is -2.12. The summed E-state index contributed by atoms with van der Waals surface area (Å²) in [6.45, 7) is 3.80. The zero-order valence-corrected chi connectivity index (χ0v) is 17.2. The molecule has 2 aromatic carbocycles. The number of phenols is 1. The van der Waals surface area contributed by atoms with Gasteiger partial charge in [0.15, 0.2) is 0 Å². The fraction of sp³-hybridized carbons (Fsp3) is 0.0909. The zero-order valence-electron chi connectivity index (χ0n) is 15.7. The Balaban J connectivity index is 1.95. The third kappa shape index (κ3) is 4.45. The van der Waals surface area contributed by atoms with Crippen LogP contribution in [-0.4, -0.2) is 15.6 Å². The van der Waals surface area contributed by atoms with Gasteiger partial charge in [0, 0.05) is 22.1 Å². The summed E-state index contributed by atoms with van der Waals surface area (Å²) in [4.78, 5) is 12.5. The van der Waals surface area contributed by atoms with Crippen molar-refractivity contribution in [1.82, 2.24) is 4.57 Å². The molecule has 0 aliphatic heterocycles. The number of nitrogens with one attached hydrogen (secondary N) is 1. The smallest absolute Gasteiger partial charge is 0.266 e. The third-order valence-electron chi connectivity index (χ3n) is 4.41. The lowest BCUT2D eigenvalue weighted by Crippen LogP contribution is -2.13. The van der Waals surface area contributed by atoms with Crippen LogP contribution in [0.25, 0.3) is 11.8 Å². The SMILES string of the molecule is Cc1cc(/C=C(/C#N)C(=O)Nc2ccc(O)cc2)c(C)n1-c1ccc(Cl)cc1Cl. The molecule has 29 heavy (non-hydrogen) atoms. The molecule has 0 atom stereocenters. The fourth-order valence-electron chi connectivity index (χ4n) is 3.01. The largest absolute Gasteiger partial charge is 0.508 e. The molecular formula is C22H17Cl2N3O2. The van der Waals surface area contributed by atoms with Crippen molar-refractivity contribution in [2.75, 3.05) is 5.32 Å². The molecule has 5 nitrogen and oxygen atoms in total. The van der Waals surface area contributed by atoms with Crippen LogP contribution in [0.15, 0.2) is 54.1 Å². The van der Waals surface area contributed by atoms with Crippen LogP contribution in [0.2, 0.25) is 10.0 Å². The molecule has 146 valence electrons. The second-order valence-electron chi connectivity index (χ2n) is 6.43. The van der Waals surface area contributed by atoms with E-state index in [4.69, 9.17) is 23.2 Å².